The maximum absolute atomic E-state index is 3.72. The van der Waals surface area contributed by atoms with Gasteiger partial charge in [0.05, 0.1) is 0 Å². The summed E-state index contributed by atoms with van der Waals surface area (Å²) in [5.41, 5.74) is 0. The highest BCUT2D eigenvalue weighted by molar-refractivity contribution is 9.10. The molecule has 0 heterocycles. The summed E-state index contributed by atoms with van der Waals surface area (Å²) in [5, 5.41) is 3.72. The smallest absolute Gasteiger partial charge is 0.0189 e. The fourth-order valence-corrected chi connectivity index (χ4v) is 3.97. The van der Waals surface area contributed by atoms with Crippen LogP contribution in [0.5, 0.6) is 0 Å². The van der Waals surface area contributed by atoms with Crippen LogP contribution >= 0.6 is 27.7 Å². The molecular formula is C15H22BrNS. The third-order valence-corrected chi connectivity index (χ3v) is 5.21. The molecule has 1 nitrogen and oxygen atoms in total. The first-order valence-corrected chi connectivity index (χ1v) is 8.69. The van der Waals surface area contributed by atoms with Crippen LogP contribution in [0.4, 0.5) is 0 Å². The fraction of sp³-hybridized carbons (Fsp3) is 0.600. The molecule has 2 rings (SSSR count). The van der Waals surface area contributed by atoms with Crippen LogP contribution in [-0.4, -0.2) is 18.3 Å². The molecule has 100 valence electrons. The lowest BCUT2D eigenvalue weighted by atomic mass is 9.80. The Hall–Kier alpha value is 0.01000. The molecule has 1 aromatic rings. The summed E-state index contributed by atoms with van der Waals surface area (Å²) < 4.78 is 1.18. The van der Waals surface area contributed by atoms with Crippen LogP contribution < -0.4 is 5.32 Å². The van der Waals surface area contributed by atoms with Gasteiger partial charge in [-0.25, -0.2) is 0 Å². The lowest BCUT2D eigenvalue weighted by molar-refractivity contribution is 0.244. The molecule has 1 aliphatic rings. The van der Waals surface area contributed by atoms with Gasteiger partial charge in [-0.1, -0.05) is 35.3 Å². The van der Waals surface area contributed by atoms with Crippen LogP contribution in [0.1, 0.15) is 32.6 Å². The zero-order valence-corrected chi connectivity index (χ0v) is 13.4. The summed E-state index contributed by atoms with van der Waals surface area (Å²) >= 11 is 5.51. The van der Waals surface area contributed by atoms with Gasteiger partial charge >= 0.3 is 0 Å². The van der Waals surface area contributed by atoms with Gasteiger partial charge in [-0.15, -0.1) is 11.8 Å². The number of nitrogens with one attached hydrogen (secondary N) is 1. The Labute approximate surface area is 123 Å². The summed E-state index contributed by atoms with van der Waals surface area (Å²) in [4.78, 5) is 1.37. The third kappa shape index (κ3) is 4.29. The Kier molecular flexibility index (Phi) is 6.06. The van der Waals surface area contributed by atoms with Crippen LogP contribution in [0, 0.1) is 5.92 Å². The molecule has 1 fully saturated rings. The SMILES string of the molecule is CCCNC(CSc1cccc(Br)c1)C1CCC1. The van der Waals surface area contributed by atoms with Crippen LogP contribution in [0.15, 0.2) is 33.6 Å². The molecule has 0 saturated heterocycles. The van der Waals surface area contributed by atoms with E-state index in [1.165, 1.54) is 40.8 Å². The predicted molar refractivity (Wildman–Crippen MR) is 84.3 cm³/mol. The van der Waals surface area contributed by atoms with Gasteiger partial charge in [-0.05, 0) is 49.9 Å². The number of thioether (sulfide) groups is 1. The molecule has 1 saturated carbocycles. The Morgan fingerprint density at radius 1 is 1.44 bits per heavy atom. The highest BCUT2D eigenvalue weighted by Gasteiger charge is 2.26. The fourth-order valence-electron chi connectivity index (χ4n) is 2.28. The van der Waals surface area contributed by atoms with Gasteiger partial charge in [0.2, 0.25) is 0 Å². The van der Waals surface area contributed by atoms with Gasteiger partial charge in [-0.2, -0.15) is 0 Å². The maximum Gasteiger partial charge on any atom is 0.0189 e. The molecule has 1 aromatic carbocycles. The van der Waals surface area contributed by atoms with Crippen molar-refractivity contribution in [1.82, 2.24) is 5.32 Å². The molecule has 1 atom stereocenters. The van der Waals surface area contributed by atoms with E-state index in [0.717, 1.165) is 12.5 Å². The standard InChI is InChI=1S/C15H22BrNS/c1-2-9-17-15(12-5-3-6-12)11-18-14-8-4-7-13(16)10-14/h4,7-8,10,12,15,17H,2-3,5-6,9,11H2,1H3. The predicted octanol–water partition coefficient (Wildman–Crippen LogP) is 4.71. The summed E-state index contributed by atoms with van der Waals surface area (Å²) in [6.45, 7) is 3.40. The van der Waals surface area contributed by atoms with Crippen molar-refractivity contribution in [2.24, 2.45) is 5.92 Å². The van der Waals surface area contributed by atoms with Gasteiger partial charge < -0.3 is 5.32 Å². The summed E-state index contributed by atoms with van der Waals surface area (Å²) in [6.07, 6.45) is 5.49. The molecule has 0 radical (unpaired) electrons. The Morgan fingerprint density at radius 2 is 2.28 bits per heavy atom. The zero-order chi connectivity index (χ0) is 12.8. The number of hydrogen-bond donors (Lipinski definition) is 1. The lowest BCUT2D eigenvalue weighted by Crippen LogP contribution is -2.41. The molecule has 0 aliphatic heterocycles. The number of rotatable bonds is 7. The average molecular weight is 328 g/mol. The van der Waals surface area contributed by atoms with E-state index in [0.29, 0.717) is 6.04 Å². The molecule has 1 N–H and O–H groups in total. The molecule has 3 heteroatoms. The summed E-state index contributed by atoms with van der Waals surface area (Å²) in [7, 11) is 0. The first-order chi connectivity index (χ1) is 8.79. The summed E-state index contributed by atoms with van der Waals surface area (Å²) in [5.74, 6) is 2.11. The van der Waals surface area contributed by atoms with E-state index in [1.54, 1.807) is 0 Å². The first kappa shape index (κ1) is 14.4. The molecule has 18 heavy (non-hydrogen) atoms. The summed E-state index contributed by atoms with van der Waals surface area (Å²) in [6, 6.07) is 9.31. The van der Waals surface area contributed by atoms with Gasteiger partial charge in [0.25, 0.3) is 0 Å². The second-order valence-electron chi connectivity index (χ2n) is 5.02. The number of benzene rings is 1. The Morgan fingerprint density at radius 3 is 2.89 bits per heavy atom. The minimum absolute atomic E-state index is 0.697. The third-order valence-electron chi connectivity index (χ3n) is 3.60. The van der Waals surface area contributed by atoms with Crippen molar-refractivity contribution < 1.29 is 0 Å². The highest BCUT2D eigenvalue weighted by atomic mass is 79.9. The molecule has 1 aliphatic carbocycles. The van der Waals surface area contributed by atoms with Crippen molar-refractivity contribution in [1.29, 1.82) is 0 Å². The number of hydrogen-bond acceptors (Lipinski definition) is 2. The van der Waals surface area contributed by atoms with Crippen molar-refractivity contribution in [3.8, 4) is 0 Å². The van der Waals surface area contributed by atoms with Gasteiger partial charge in [0.1, 0.15) is 0 Å². The van der Waals surface area contributed by atoms with E-state index < -0.39 is 0 Å². The Balaban J connectivity index is 1.84. The van der Waals surface area contributed by atoms with Gasteiger partial charge in [0.15, 0.2) is 0 Å². The van der Waals surface area contributed by atoms with Crippen molar-refractivity contribution in [2.45, 2.75) is 43.5 Å². The Bertz CT molecular complexity index is 365. The van der Waals surface area contributed by atoms with Crippen molar-refractivity contribution in [3.63, 3.8) is 0 Å². The minimum atomic E-state index is 0.697. The first-order valence-electron chi connectivity index (χ1n) is 6.91. The second kappa shape index (κ2) is 7.56. The van der Waals surface area contributed by atoms with E-state index in [1.807, 2.05) is 11.8 Å². The molecule has 1 unspecified atom stereocenters. The molecule has 0 bridgehead atoms. The van der Waals surface area contributed by atoms with Gasteiger partial charge in [0, 0.05) is 21.2 Å². The average Bonchev–Trinajstić information content (AvgIpc) is 2.30. The highest BCUT2D eigenvalue weighted by Crippen LogP contribution is 2.32. The van der Waals surface area contributed by atoms with Crippen molar-refractivity contribution >= 4 is 27.7 Å². The van der Waals surface area contributed by atoms with Crippen LogP contribution in [0.25, 0.3) is 0 Å². The maximum atomic E-state index is 3.72. The van der Waals surface area contributed by atoms with E-state index in [2.05, 4.69) is 52.4 Å². The minimum Gasteiger partial charge on any atom is -0.313 e. The molecular weight excluding hydrogens is 306 g/mol. The van der Waals surface area contributed by atoms with Crippen LogP contribution in [-0.2, 0) is 0 Å². The zero-order valence-electron chi connectivity index (χ0n) is 11.0. The normalized spacial score (nSPS) is 17.4. The van der Waals surface area contributed by atoms with E-state index in [9.17, 15) is 0 Å². The monoisotopic (exact) mass is 327 g/mol. The second-order valence-corrected chi connectivity index (χ2v) is 7.03. The quantitative estimate of drug-likeness (QED) is 0.728. The van der Waals surface area contributed by atoms with Crippen molar-refractivity contribution in [2.75, 3.05) is 12.3 Å². The van der Waals surface area contributed by atoms with Crippen LogP contribution in [0.2, 0.25) is 0 Å². The van der Waals surface area contributed by atoms with Crippen LogP contribution in [0.3, 0.4) is 0 Å². The topological polar surface area (TPSA) is 12.0 Å². The van der Waals surface area contributed by atoms with E-state index in [-0.39, 0.29) is 0 Å². The molecule has 0 amide bonds. The van der Waals surface area contributed by atoms with E-state index in [4.69, 9.17) is 0 Å². The van der Waals surface area contributed by atoms with Crippen molar-refractivity contribution in [3.05, 3.63) is 28.7 Å². The molecule has 0 aromatic heterocycles. The largest absolute Gasteiger partial charge is 0.313 e. The van der Waals surface area contributed by atoms with Gasteiger partial charge in [-0.3, -0.25) is 0 Å². The lowest BCUT2D eigenvalue weighted by Gasteiger charge is -2.34. The molecule has 0 spiro atoms. The number of halogens is 1. The van der Waals surface area contributed by atoms with E-state index >= 15 is 0 Å².